The zero-order valence-electron chi connectivity index (χ0n) is 14.0. The van der Waals surface area contributed by atoms with Crippen LogP contribution in [0.2, 0.25) is 0 Å². The maximum atomic E-state index is 13.3. The number of carbonyl (C=O) groups excluding carboxylic acids is 2. The number of fused-ring (bicyclic) bond motifs is 3. The Morgan fingerprint density at radius 3 is 2.80 bits per heavy atom. The van der Waals surface area contributed by atoms with E-state index < -0.39 is 52.4 Å². The second-order valence-corrected chi connectivity index (χ2v) is 9.20. The normalized spacial score (nSPS) is 60.0. The fourth-order valence-corrected chi connectivity index (χ4v) is 7.72. The number of hydrogen-bond donors (Lipinski definition) is 1. The van der Waals surface area contributed by atoms with E-state index in [-0.39, 0.29) is 11.7 Å². The molecule has 0 aromatic rings. The molecule has 4 saturated carbocycles. The Morgan fingerprint density at radius 1 is 1.32 bits per heavy atom. The van der Waals surface area contributed by atoms with Gasteiger partial charge in [-0.2, -0.15) is 0 Å². The van der Waals surface area contributed by atoms with Crippen molar-refractivity contribution in [2.45, 2.75) is 50.4 Å². The van der Waals surface area contributed by atoms with Gasteiger partial charge in [-0.1, -0.05) is 12.2 Å². The van der Waals surface area contributed by atoms with E-state index >= 15 is 0 Å². The van der Waals surface area contributed by atoms with Crippen LogP contribution >= 0.6 is 0 Å². The van der Waals surface area contributed by atoms with Crippen LogP contribution in [-0.2, 0) is 23.9 Å². The van der Waals surface area contributed by atoms with E-state index in [9.17, 15) is 19.5 Å². The number of ether oxygens (including phenoxy) is 2. The summed E-state index contributed by atoms with van der Waals surface area (Å²) in [6.07, 6.45) is 1.88. The van der Waals surface area contributed by atoms with E-state index in [1.165, 1.54) is 0 Å². The van der Waals surface area contributed by atoms with Crippen LogP contribution in [0.25, 0.3) is 0 Å². The molecule has 2 aliphatic heterocycles. The molecule has 2 heterocycles. The number of epoxide rings is 1. The number of allylic oxidation sites excluding steroid dienone is 1. The molecule has 6 nitrogen and oxygen atoms in total. The standard InChI is InChI=1S/C19H20O6/c1-7-5-18-6-8(7)3-4-9(18)19-12(10(18)15(21)22)17(2,16(23)25-19)14-11(24-14)13(19)20/h8-12,14H,1,3-6H2,2H3,(H,21,22)/t8-,9-,10-,11+,12-,14+,17+,18+,19-/m1/s1. The molecule has 25 heavy (non-hydrogen) atoms. The zero-order chi connectivity index (χ0) is 17.5. The van der Waals surface area contributed by atoms with Gasteiger partial charge in [0.25, 0.3) is 0 Å². The second-order valence-electron chi connectivity index (χ2n) is 9.20. The van der Waals surface area contributed by atoms with Gasteiger partial charge >= 0.3 is 11.9 Å². The Kier molecular flexibility index (Phi) is 2.14. The number of ketones is 1. The third-order valence-corrected chi connectivity index (χ3v) is 8.53. The highest BCUT2D eigenvalue weighted by molar-refractivity contribution is 6.05. The SMILES string of the molecule is C=C1C[C@]23C[C@H]1CC[C@H]2[C@@]12OC(=O)[C@@](C)([C@H]1[C@@H]3C(=O)O)[C@H]1O[C@H]1C2=O. The first-order valence-electron chi connectivity index (χ1n) is 9.12. The quantitative estimate of drug-likeness (QED) is 0.438. The molecule has 6 fully saturated rings. The lowest BCUT2D eigenvalue weighted by molar-refractivity contribution is -0.169. The van der Waals surface area contributed by atoms with Gasteiger partial charge < -0.3 is 14.6 Å². The molecule has 1 spiro atoms. The van der Waals surface area contributed by atoms with Crippen LogP contribution in [0.1, 0.15) is 32.6 Å². The molecule has 0 amide bonds. The first-order valence-corrected chi connectivity index (χ1v) is 9.12. The molecule has 2 saturated heterocycles. The maximum absolute atomic E-state index is 13.3. The number of hydrogen-bond acceptors (Lipinski definition) is 5. The average Bonchev–Trinajstić information content (AvgIpc) is 3.22. The highest BCUT2D eigenvalue weighted by Gasteiger charge is 2.90. The molecule has 0 aromatic carbocycles. The van der Waals surface area contributed by atoms with E-state index in [1.54, 1.807) is 6.92 Å². The van der Waals surface area contributed by atoms with Crippen molar-refractivity contribution in [3.63, 3.8) is 0 Å². The van der Waals surface area contributed by atoms with E-state index in [2.05, 4.69) is 6.58 Å². The summed E-state index contributed by atoms with van der Waals surface area (Å²) in [6.45, 7) is 5.94. The van der Waals surface area contributed by atoms with E-state index in [0.717, 1.165) is 24.8 Å². The van der Waals surface area contributed by atoms with Crippen molar-refractivity contribution in [2.75, 3.05) is 0 Å². The van der Waals surface area contributed by atoms with Crippen LogP contribution < -0.4 is 0 Å². The number of carbonyl (C=O) groups is 3. The van der Waals surface area contributed by atoms with Crippen molar-refractivity contribution in [2.24, 2.45) is 34.5 Å². The number of Topliss-reactive ketones (excluding diaryl/α,β-unsaturated/α-hetero) is 1. The fourth-order valence-electron chi connectivity index (χ4n) is 7.72. The summed E-state index contributed by atoms with van der Waals surface area (Å²) >= 11 is 0. The molecule has 6 heteroatoms. The van der Waals surface area contributed by atoms with Crippen molar-refractivity contribution >= 4 is 17.7 Å². The predicted molar refractivity (Wildman–Crippen MR) is 82.2 cm³/mol. The molecule has 0 aromatic heterocycles. The topological polar surface area (TPSA) is 93.2 Å². The number of carboxylic acid groups (broad SMARTS) is 1. The molecule has 9 atom stereocenters. The highest BCUT2D eigenvalue weighted by Crippen LogP contribution is 2.78. The molecular formula is C19H20O6. The van der Waals surface area contributed by atoms with Crippen molar-refractivity contribution in [3.05, 3.63) is 12.2 Å². The smallest absolute Gasteiger partial charge is 0.316 e. The molecule has 4 aliphatic carbocycles. The van der Waals surface area contributed by atoms with Crippen LogP contribution in [0.5, 0.6) is 0 Å². The Morgan fingerprint density at radius 2 is 2.08 bits per heavy atom. The minimum absolute atomic E-state index is 0.185. The molecule has 132 valence electrons. The van der Waals surface area contributed by atoms with Gasteiger partial charge in [0, 0.05) is 11.8 Å². The van der Waals surface area contributed by atoms with Gasteiger partial charge in [0.1, 0.15) is 17.6 Å². The number of rotatable bonds is 1. The number of esters is 1. The molecule has 4 bridgehead atoms. The summed E-state index contributed by atoms with van der Waals surface area (Å²) < 4.78 is 11.5. The first-order chi connectivity index (χ1) is 11.8. The van der Waals surface area contributed by atoms with Crippen LogP contribution in [0, 0.1) is 34.5 Å². The summed E-state index contributed by atoms with van der Waals surface area (Å²) in [5.41, 5.74) is -1.75. The molecule has 6 rings (SSSR count). The minimum atomic E-state index is -1.30. The van der Waals surface area contributed by atoms with Crippen molar-refractivity contribution in [1.82, 2.24) is 0 Å². The number of carboxylic acids is 1. The minimum Gasteiger partial charge on any atom is -0.481 e. The summed E-state index contributed by atoms with van der Waals surface area (Å²) in [5.74, 6) is -2.84. The Labute approximate surface area is 144 Å². The zero-order valence-corrected chi connectivity index (χ0v) is 14.0. The van der Waals surface area contributed by atoms with Gasteiger partial charge in [-0.25, -0.2) is 0 Å². The van der Waals surface area contributed by atoms with Crippen LogP contribution in [-0.4, -0.2) is 40.6 Å². The van der Waals surface area contributed by atoms with Crippen LogP contribution in [0.4, 0.5) is 0 Å². The maximum Gasteiger partial charge on any atom is 0.316 e. The van der Waals surface area contributed by atoms with Gasteiger partial charge in [0.05, 0.1) is 5.92 Å². The number of aliphatic carboxylic acids is 1. The Hall–Kier alpha value is -1.69. The van der Waals surface area contributed by atoms with Crippen molar-refractivity contribution in [1.29, 1.82) is 0 Å². The summed E-state index contributed by atoms with van der Waals surface area (Å²) in [5, 5.41) is 10.2. The largest absolute Gasteiger partial charge is 0.481 e. The molecule has 6 aliphatic rings. The van der Waals surface area contributed by atoms with Crippen molar-refractivity contribution in [3.8, 4) is 0 Å². The molecule has 0 unspecified atom stereocenters. The molecular weight excluding hydrogens is 324 g/mol. The second kappa shape index (κ2) is 3.70. The van der Waals surface area contributed by atoms with Crippen molar-refractivity contribution < 1.29 is 29.0 Å². The molecule has 0 radical (unpaired) electrons. The lowest BCUT2D eigenvalue weighted by Crippen LogP contribution is -2.57. The lowest BCUT2D eigenvalue weighted by atomic mass is 9.60. The van der Waals surface area contributed by atoms with Gasteiger partial charge in [-0.15, -0.1) is 0 Å². The third-order valence-electron chi connectivity index (χ3n) is 8.53. The summed E-state index contributed by atoms with van der Waals surface area (Å²) in [6, 6.07) is 0. The van der Waals surface area contributed by atoms with Crippen LogP contribution in [0.15, 0.2) is 12.2 Å². The van der Waals surface area contributed by atoms with Gasteiger partial charge in [0.2, 0.25) is 5.78 Å². The third kappa shape index (κ3) is 1.18. The monoisotopic (exact) mass is 344 g/mol. The van der Waals surface area contributed by atoms with E-state index in [1.807, 2.05) is 0 Å². The Balaban J connectivity index is 1.65. The van der Waals surface area contributed by atoms with E-state index in [4.69, 9.17) is 9.47 Å². The predicted octanol–water partition coefficient (Wildman–Crippen LogP) is 1.33. The lowest BCUT2D eigenvalue weighted by Gasteiger charge is -2.42. The molecule has 1 N–H and O–H groups in total. The summed E-state index contributed by atoms with van der Waals surface area (Å²) in [7, 11) is 0. The average molecular weight is 344 g/mol. The van der Waals surface area contributed by atoms with Gasteiger partial charge in [-0.05, 0) is 43.9 Å². The first kappa shape index (κ1) is 14.5. The van der Waals surface area contributed by atoms with Crippen LogP contribution in [0.3, 0.4) is 0 Å². The summed E-state index contributed by atoms with van der Waals surface area (Å²) in [4.78, 5) is 38.5. The Bertz CT molecular complexity index is 802. The highest BCUT2D eigenvalue weighted by atomic mass is 16.6. The fraction of sp³-hybridized carbons (Fsp3) is 0.737. The van der Waals surface area contributed by atoms with E-state index in [0.29, 0.717) is 12.3 Å². The van der Waals surface area contributed by atoms with Gasteiger partial charge in [-0.3, -0.25) is 14.4 Å². The van der Waals surface area contributed by atoms with Gasteiger partial charge in [0.15, 0.2) is 5.60 Å².